The monoisotopic (exact) mass is 282 g/mol. The molecule has 114 valence electrons. The molecule has 0 aromatic heterocycles. The second-order valence-corrected chi connectivity index (χ2v) is 5.88. The second-order valence-electron chi connectivity index (χ2n) is 5.88. The summed E-state index contributed by atoms with van der Waals surface area (Å²) in [5, 5.41) is 3.34. The Hall–Kier alpha value is -1.10. The first-order valence-electron chi connectivity index (χ1n) is 7.80. The Bertz CT molecular complexity index is 360. The van der Waals surface area contributed by atoms with Gasteiger partial charge in [0, 0.05) is 12.6 Å². The number of carbonyl (C=O) groups excluding carboxylic acids is 2. The third-order valence-electron chi connectivity index (χ3n) is 4.46. The summed E-state index contributed by atoms with van der Waals surface area (Å²) in [6, 6.07) is 0.247. The molecular formula is C15H26N2O3. The Kier molecular flexibility index (Phi) is 5.02. The molecule has 1 atom stereocenters. The molecule has 0 bridgehead atoms. The van der Waals surface area contributed by atoms with Gasteiger partial charge in [-0.05, 0) is 45.6 Å². The highest BCUT2D eigenvalue weighted by Crippen LogP contribution is 2.36. The number of hydrogen-bond donors (Lipinski definition) is 1. The van der Waals surface area contributed by atoms with Crippen LogP contribution in [0.5, 0.6) is 0 Å². The molecule has 1 aliphatic heterocycles. The summed E-state index contributed by atoms with van der Waals surface area (Å²) in [6.07, 6.45) is 4.79. The van der Waals surface area contributed by atoms with Crippen molar-refractivity contribution in [1.29, 1.82) is 0 Å². The number of rotatable bonds is 6. The predicted octanol–water partition coefficient (Wildman–Crippen LogP) is 1.32. The molecule has 0 spiro atoms. The zero-order chi connectivity index (χ0) is 14.6. The molecule has 1 unspecified atom stereocenters. The quantitative estimate of drug-likeness (QED) is 0.747. The Balaban J connectivity index is 2.07. The fourth-order valence-electron chi connectivity index (χ4n) is 3.01. The first-order chi connectivity index (χ1) is 9.63. The molecule has 5 heteroatoms. The van der Waals surface area contributed by atoms with Crippen LogP contribution in [-0.4, -0.2) is 49.1 Å². The number of esters is 1. The number of amides is 1. The van der Waals surface area contributed by atoms with E-state index in [1.165, 1.54) is 0 Å². The largest absolute Gasteiger partial charge is 0.465 e. The van der Waals surface area contributed by atoms with Crippen LogP contribution in [0.2, 0.25) is 0 Å². The van der Waals surface area contributed by atoms with Gasteiger partial charge in [-0.25, -0.2) is 0 Å². The van der Waals surface area contributed by atoms with E-state index in [1.54, 1.807) is 11.8 Å². The van der Waals surface area contributed by atoms with Crippen molar-refractivity contribution >= 4 is 11.9 Å². The maximum Gasteiger partial charge on any atom is 0.325 e. The van der Waals surface area contributed by atoms with Crippen molar-refractivity contribution in [1.82, 2.24) is 10.2 Å². The molecule has 1 heterocycles. The molecule has 2 aliphatic rings. The zero-order valence-corrected chi connectivity index (χ0v) is 12.6. The van der Waals surface area contributed by atoms with Crippen LogP contribution < -0.4 is 5.32 Å². The molecule has 1 saturated carbocycles. The fourth-order valence-corrected chi connectivity index (χ4v) is 3.01. The van der Waals surface area contributed by atoms with E-state index in [-0.39, 0.29) is 29.9 Å². The molecular weight excluding hydrogens is 256 g/mol. The van der Waals surface area contributed by atoms with Crippen LogP contribution in [0.15, 0.2) is 0 Å². The first-order valence-corrected chi connectivity index (χ1v) is 7.80. The van der Waals surface area contributed by atoms with Crippen LogP contribution in [0.4, 0.5) is 0 Å². The zero-order valence-electron chi connectivity index (χ0n) is 12.6. The van der Waals surface area contributed by atoms with Crippen LogP contribution in [-0.2, 0) is 14.3 Å². The molecule has 1 N–H and O–H groups in total. The minimum absolute atomic E-state index is 0.110. The number of ether oxygens (including phenoxy) is 1. The number of hydrogen-bond acceptors (Lipinski definition) is 4. The standard InChI is InChI=1S/C15H26N2O3/c1-3-15(8-5-9-16-11-15)14(19)17(12-6-7-12)10-13(18)20-4-2/h12,16H,3-11H2,1-2H3. The highest BCUT2D eigenvalue weighted by atomic mass is 16.5. The van der Waals surface area contributed by atoms with E-state index < -0.39 is 0 Å². The van der Waals surface area contributed by atoms with Crippen LogP contribution >= 0.6 is 0 Å². The van der Waals surface area contributed by atoms with Crippen molar-refractivity contribution in [2.75, 3.05) is 26.2 Å². The lowest BCUT2D eigenvalue weighted by Gasteiger charge is -2.39. The van der Waals surface area contributed by atoms with Crippen LogP contribution in [0.1, 0.15) is 46.0 Å². The normalized spacial score (nSPS) is 26.1. The average molecular weight is 282 g/mol. The van der Waals surface area contributed by atoms with Gasteiger partial charge in [0.15, 0.2) is 0 Å². The van der Waals surface area contributed by atoms with Crippen molar-refractivity contribution in [2.45, 2.75) is 52.0 Å². The molecule has 20 heavy (non-hydrogen) atoms. The minimum Gasteiger partial charge on any atom is -0.465 e. The van der Waals surface area contributed by atoms with E-state index in [0.717, 1.165) is 45.2 Å². The van der Waals surface area contributed by atoms with E-state index >= 15 is 0 Å². The van der Waals surface area contributed by atoms with E-state index in [1.807, 2.05) is 0 Å². The lowest BCUT2D eigenvalue weighted by molar-refractivity contribution is -0.154. The summed E-state index contributed by atoms with van der Waals surface area (Å²) >= 11 is 0. The van der Waals surface area contributed by atoms with Crippen molar-refractivity contribution < 1.29 is 14.3 Å². The molecule has 1 saturated heterocycles. The smallest absolute Gasteiger partial charge is 0.325 e. The number of piperidine rings is 1. The lowest BCUT2D eigenvalue weighted by atomic mass is 9.77. The van der Waals surface area contributed by atoms with Crippen LogP contribution in [0.3, 0.4) is 0 Å². The summed E-state index contributed by atoms with van der Waals surface area (Å²) in [4.78, 5) is 26.5. The van der Waals surface area contributed by atoms with Gasteiger partial charge in [-0.15, -0.1) is 0 Å². The van der Waals surface area contributed by atoms with Gasteiger partial charge < -0.3 is 15.0 Å². The minimum atomic E-state index is -0.326. The average Bonchev–Trinajstić information content (AvgIpc) is 3.29. The molecule has 1 aliphatic carbocycles. The first kappa shape index (κ1) is 15.3. The van der Waals surface area contributed by atoms with Gasteiger partial charge in [-0.2, -0.15) is 0 Å². The Morgan fingerprint density at radius 1 is 1.35 bits per heavy atom. The van der Waals surface area contributed by atoms with E-state index in [2.05, 4.69) is 12.2 Å². The molecule has 2 rings (SSSR count). The maximum absolute atomic E-state index is 13.0. The third-order valence-corrected chi connectivity index (χ3v) is 4.46. The Labute approximate surface area is 121 Å². The molecule has 1 amide bonds. The summed E-state index contributed by atoms with van der Waals surface area (Å²) in [5.74, 6) is -0.148. The fraction of sp³-hybridized carbons (Fsp3) is 0.867. The van der Waals surface area contributed by atoms with E-state index in [0.29, 0.717) is 6.61 Å². The summed E-state index contributed by atoms with van der Waals surface area (Å²) in [6.45, 7) is 6.05. The number of nitrogens with zero attached hydrogens (tertiary/aromatic N) is 1. The highest BCUT2D eigenvalue weighted by Gasteiger charge is 2.45. The van der Waals surface area contributed by atoms with Crippen molar-refractivity contribution in [2.24, 2.45) is 5.41 Å². The Morgan fingerprint density at radius 2 is 2.10 bits per heavy atom. The van der Waals surface area contributed by atoms with Crippen molar-refractivity contribution in [3.8, 4) is 0 Å². The summed E-state index contributed by atoms with van der Waals surface area (Å²) in [7, 11) is 0. The van der Waals surface area contributed by atoms with Crippen molar-refractivity contribution in [3.05, 3.63) is 0 Å². The summed E-state index contributed by atoms with van der Waals surface area (Å²) in [5.41, 5.74) is -0.326. The molecule has 0 aromatic rings. The molecule has 5 nitrogen and oxygen atoms in total. The highest BCUT2D eigenvalue weighted by molar-refractivity contribution is 5.87. The van der Waals surface area contributed by atoms with E-state index in [9.17, 15) is 9.59 Å². The van der Waals surface area contributed by atoms with E-state index in [4.69, 9.17) is 4.74 Å². The van der Waals surface area contributed by atoms with Gasteiger partial charge in [0.05, 0.1) is 12.0 Å². The third kappa shape index (κ3) is 3.32. The number of nitrogens with one attached hydrogen (secondary N) is 1. The summed E-state index contributed by atoms with van der Waals surface area (Å²) < 4.78 is 5.01. The van der Waals surface area contributed by atoms with Crippen molar-refractivity contribution in [3.63, 3.8) is 0 Å². The van der Waals surface area contributed by atoms with Gasteiger partial charge in [-0.3, -0.25) is 9.59 Å². The van der Waals surface area contributed by atoms with Gasteiger partial charge in [0.2, 0.25) is 5.91 Å². The molecule has 0 radical (unpaired) electrons. The van der Waals surface area contributed by atoms with Gasteiger partial charge >= 0.3 is 5.97 Å². The molecule has 2 fully saturated rings. The van der Waals surface area contributed by atoms with Gasteiger partial charge in [0.25, 0.3) is 0 Å². The van der Waals surface area contributed by atoms with Crippen LogP contribution in [0.25, 0.3) is 0 Å². The predicted molar refractivity (Wildman–Crippen MR) is 76.2 cm³/mol. The second kappa shape index (κ2) is 6.57. The van der Waals surface area contributed by atoms with Gasteiger partial charge in [0.1, 0.15) is 6.54 Å². The number of carbonyl (C=O) groups is 2. The lowest BCUT2D eigenvalue weighted by Crippen LogP contribution is -2.53. The maximum atomic E-state index is 13.0. The Morgan fingerprint density at radius 3 is 2.60 bits per heavy atom. The topological polar surface area (TPSA) is 58.6 Å². The van der Waals surface area contributed by atoms with Gasteiger partial charge in [-0.1, -0.05) is 6.92 Å². The van der Waals surface area contributed by atoms with Crippen LogP contribution in [0, 0.1) is 5.41 Å². The molecule has 0 aromatic carbocycles. The SMILES string of the molecule is CCOC(=O)CN(C(=O)C1(CC)CCCNC1)C1CC1.